The Bertz CT molecular complexity index is 486. The molecule has 3 N–H and O–H groups in total. The van der Waals surface area contributed by atoms with Gasteiger partial charge in [0, 0.05) is 12.1 Å². The summed E-state index contributed by atoms with van der Waals surface area (Å²) in [5, 5.41) is 25.3. The van der Waals surface area contributed by atoms with Gasteiger partial charge in [-0.3, -0.25) is 14.9 Å². The average Bonchev–Trinajstić information content (AvgIpc) is 2.26. The van der Waals surface area contributed by atoms with E-state index in [4.69, 9.17) is 0 Å². The van der Waals surface area contributed by atoms with Crippen LogP contribution >= 0.6 is 0 Å². The lowest BCUT2D eigenvalue weighted by molar-refractivity contribution is -0.384. The van der Waals surface area contributed by atoms with E-state index in [1.54, 1.807) is 0 Å². The molecule has 0 saturated carbocycles. The monoisotopic (exact) mass is 237 g/mol. The Morgan fingerprint density at radius 3 is 2.76 bits per heavy atom. The fourth-order valence-corrected chi connectivity index (χ4v) is 1.66. The van der Waals surface area contributed by atoms with Crippen LogP contribution in [0.4, 0.5) is 17.1 Å². The zero-order valence-corrected chi connectivity index (χ0v) is 9.01. The van der Waals surface area contributed by atoms with Crippen LogP contribution in [0.15, 0.2) is 18.2 Å². The van der Waals surface area contributed by atoms with Crippen LogP contribution in [0.2, 0.25) is 0 Å². The second kappa shape index (κ2) is 4.02. The van der Waals surface area contributed by atoms with E-state index in [2.05, 4.69) is 10.6 Å². The van der Waals surface area contributed by atoms with Gasteiger partial charge in [0.1, 0.15) is 6.04 Å². The number of nitrogens with one attached hydrogen (secondary N) is 2. The summed E-state index contributed by atoms with van der Waals surface area (Å²) in [7, 11) is 0. The highest BCUT2D eigenvalue weighted by Crippen LogP contribution is 2.30. The second-order valence-corrected chi connectivity index (χ2v) is 3.84. The Kier molecular flexibility index (Phi) is 2.68. The van der Waals surface area contributed by atoms with Crippen molar-refractivity contribution in [3.05, 3.63) is 28.3 Å². The number of nitrogens with zero attached hydrogens (tertiary/aromatic N) is 1. The Morgan fingerprint density at radius 2 is 2.18 bits per heavy atom. The summed E-state index contributed by atoms with van der Waals surface area (Å²) in [6, 6.07) is 3.37. The number of rotatable bonds is 2. The summed E-state index contributed by atoms with van der Waals surface area (Å²) in [6.45, 7) is 1.49. The minimum absolute atomic E-state index is 0.0960. The third-order valence-corrected chi connectivity index (χ3v) is 2.55. The number of benzene rings is 1. The first-order valence-corrected chi connectivity index (χ1v) is 5.03. The summed E-state index contributed by atoms with van der Waals surface area (Å²) < 4.78 is 0. The van der Waals surface area contributed by atoms with E-state index in [-0.39, 0.29) is 5.69 Å². The Morgan fingerprint density at radius 1 is 1.47 bits per heavy atom. The third kappa shape index (κ3) is 2.04. The molecule has 0 unspecified atom stereocenters. The van der Waals surface area contributed by atoms with Crippen molar-refractivity contribution >= 4 is 23.0 Å². The highest BCUT2D eigenvalue weighted by Gasteiger charge is 2.29. The lowest BCUT2D eigenvalue weighted by Crippen LogP contribution is -2.45. The minimum Gasteiger partial charge on any atom is -0.391 e. The lowest BCUT2D eigenvalue weighted by Gasteiger charge is -2.28. The number of hydrogen-bond acceptors (Lipinski definition) is 5. The fraction of sp³-hybridized carbons (Fsp3) is 0.300. The predicted molar refractivity (Wildman–Crippen MR) is 60.8 cm³/mol. The number of fused-ring (bicyclic) bond motifs is 1. The van der Waals surface area contributed by atoms with Crippen molar-refractivity contribution in [1.82, 2.24) is 0 Å². The summed E-state index contributed by atoms with van der Waals surface area (Å²) in [4.78, 5) is 21.6. The number of nitro benzene ring substituents is 1. The number of aliphatic hydroxyl groups is 1. The summed E-state index contributed by atoms with van der Waals surface area (Å²) >= 11 is 0. The first-order valence-electron chi connectivity index (χ1n) is 5.03. The highest BCUT2D eigenvalue weighted by atomic mass is 16.6. The van der Waals surface area contributed by atoms with Crippen LogP contribution in [0.5, 0.6) is 0 Å². The normalized spacial score (nSPS) is 19.9. The van der Waals surface area contributed by atoms with E-state index >= 15 is 0 Å². The quantitative estimate of drug-likeness (QED) is 0.519. The molecule has 0 aliphatic carbocycles. The maximum Gasteiger partial charge on any atom is 0.271 e. The molecular weight excluding hydrogens is 226 g/mol. The summed E-state index contributed by atoms with van der Waals surface area (Å²) in [5.74, 6) is -0.409. The van der Waals surface area contributed by atoms with Crippen LogP contribution in [0.3, 0.4) is 0 Å². The standard InChI is InChI=1S/C10H11N3O4/c1-5(14)9-10(15)12-8-4-6(13(16)17)2-3-7(8)11-9/h2-5,9,11,14H,1H3,(H,12,15)/t5-,9+/m0/s1. The lowest BCUT2D eigenvalue weighted by atomic mass is 10.1. The molecular formula is C10H11N3O4. The van der Waals surface area contributed by atoms with Crippen LogP contribution in [-0.2, 0) is 4.79 Å². The molecule has 90 valence electrons. The second-order valence-electron chi connectivity index (χ2n) is 3.84. The van der Waals surface area contributed by atoms with Gasteiger partial charge >= 0.3 is 0 Å². The van der Waals surface area contributed by atoms with Crippen molar-refractivity contribution in [2.24, 2.45) is 0 Å². The van der Waals surface area contributed by atoms with Gasteiger partial charge in [-0.25, -0.2) is 0 Å². The fourth-order valence-electron chi connectivity index (χ4n) is 1.66. The van der Waals surface area contributed by atoms with Gasteiger partial charge in [0.15, 0.2) is 0 Å². The number of hydrogen-bond donors (Lipinski definition) is 3. The van der Waals surface area contributed by atoms with Crippen LogP contribution in [-0.4, -0.2) is 28.1 Å². The highest BCUT2D eigenvalue weighted by molar-refractivity contribution is 6.03. The van der Waals surface area contributed by atoms with Crippen LogP contribution in [0.1, 0.15) is 6.92 Å². The zero-order valence-electron chi connectivity index (χ0n) is 9.01. The molecule has 1 aromatic rings. The predicted octanol–water partition coefficient (Wildman–Crippen LogP) is 0.708. The summed E-state index contributed by atoms with van der Waals surface area (Å²) in [6.07, 6.45) is -0.849. The van der Waals surface area contributed by atoms with Crippen molar-refractivity contribution in [2.45, 2.75) is 19.1 Å². The van der Waals surface area contributed by atoms with Crippen LogP contribution < -0.4 is 10.6 Å². The van der Waals surface area contributed by atoms with Gasteiger partial charge in [-0.05, 0) is 13.0 Å². The first-order chi connectivity index (χ1) is 7.99. The van der Waals surface area contributed by atoms with Crippen molar-refractivity contribution in [2.75, 3.05) is 10.6 Å². The molecule has 0 bridgehead atoms. The molecule has 0 saturated heterocycles. The van der Waals surface area contributed by atoms with Gasteiger partial charge in [0.25, 0.3) is 5.69 Å². The minimum atomic E-state index is -0.849. The zero-order chi connectivity index (χ0) is 12.6. The maximum atomic E-state index is 11.6. The molecule has 1 aliphatic rings. The number of carbonyl (C=O) groups excluding carboxylic acids is 1. The van der Waals surface area contributed by atoms with E-state index < -0.39 is 23.0 Å². The number of anilines is 2. The molecule has 7 heteroatoms. The molecule has 2 atom stereocenters. The van der Waals surface area contributed by atoms with Gasteiger partial charge in [0.2, 0.25) is 5.91 Å². The average molecular weight is 237 g/mol. The number of nitro groups is 1. The smallest absolute Gasteiger partial charge is 0.271 e. The van der Waals surface area contributed by atoms with E-state index in [1.165, 1.54) is 25.1 Å². The van der Waals surface area contributed by atoms with Crippen molar-refractivity contribution < 1.29 is 14.8 Å². The largest absolute Gasteiger partial charge is 0.391 e. The van der Waals surface area contributed by atoms with E-state index in [1.807, 2.05) is 0 Å². The molecule has 2 rings (SSSR count). The van der Waals surface area contributed by atoms with Gasteiger partial charge in [-0.15, -0.1) is 0 Å². The number of amides is 1. The van der Waals surface area contributed by atoms with Crippen molar-refractivity contribution in [3.8, 4) is 0 Å². The Hall–Kier alpha value is -2.15. The van der Waals surface area contributed by atoms with Gasteiger partial charge in [-0.1, -0.05) is 0 Å². The van der Waals surface area contributed by atoms with Gasteiger partial charge in [-0.2, -0.15) is 0 Å². The van der Waals surface area contributed by atoms with Crippen molar-refractivity contribution in [1.29, 1.82) is 0 Å². The Balaban J connectivity index is 2.35. The van der Waals surface area contributed by atoms with Crippen molar-refractivity contribution in [3.63, 3.8) is 0 Å². The molecule has 7 nitrogen and oxygen atoms in total. The van der Waals surface area contributed by atoms with Gasteiger partial charge in [0.05, 0.1) is 22.4 Å². The van der Waals surface area contributed by atoms with Crippen LogP contribution in [0, 0.1) is 10.1 Å². The Labute approximate surface area is 96.6 Å². The molecule has 1 amide bonds. The molecule has 0 spiro atoms. The summed E-state index contributed by atoms with van der Waals surface area (Å²) in [5.41, 5.74) is 0.809. The first kappa shape index (κ1) is 11.3. The maximum absolute atomic E-state index is 11.6. The van der Waals surface area contributed by atoms with E-state index in [0.29, 0.717) is 11.4 Å². The molecule has 0 aromatic heterocycles. The molecule has 0 fully saturated rings. The molecule has 1 heterocycles. The van der Waals surface area contributed by atoms with E-state index in [9.17, 15) is 20.0 Å². The van der Waals surface area contributed by atoms with Crippen LogP contribution in [0.25, 0.3) is 0 Å². The number of aliphatic hydroxyl groups excluding tert-OH is 1. The number of carbonyl (C=O) groups is 1. The SMILES string of the molecule is C[C@H](O)[C@H]1Nc2ccc([N+](=O)[O-])cc2NC1=O. The topological polar surface area (TPSA) is 104 Å². The molecule has 1 aromatic carbocycles. The third-order valence-electron chi connectivity index (χ3n) is 2.55. The molecule has 0 radical (unpaired) electrons. The van der Waals surface area contributed by atoms with Gasteiger partial charge < -0.3 is 15.7 Å². The number of non-ortho nitro benzene ring substituents is 1. The molecule has 1 aliphatic heterocycles. The molecule has 17 heavy (non-hydrogen) atoms. The van der Waals surface area contributed by atoms with E-state index in [0.717, 1.165) is 0 Å².